The van der Waals surface area contributed by atoms with Crippen molar-refractivity contribution in [1.29, 1.82) is 5.41 Å². The molecule has 0 atom stereocenters. The van der Waals surface area contributed by atoms with Crippen LogP contribution in [0.5, 0.6) is 0 Å². The van der Waals surface area contributed by atoms with Gasteiger partial charge in [0.1, 0.15) is 0 Å². The number of nitrogens with one attached hydrogen (secondary N) is 1. The number of aromatic nitrogens is 3. The zero-order chi connectivity index (χ0) is 23.3. The predicted octanol–water partition coefficient (Wildman–Crippen LogP) is 3.87. The molecule has 0 saturated heterocycles. The Kier molecular flexibility index (Phi) is 4.74. The van der Waals surface area contributed by atoms with Crippen molar-refractivity contribution in [2.24, 2.45) is 19.1 Å². The highest BCUT2D eigenvalue weighted by molar-refractivity contribution is 6.05. The molecule has 5 rings (SSSR count). The second kappa shape index (κ2) is 7.63. The van der Waals surface area contributed by atoms with Crippen molar-refractivity contribution in [2.45, 2.75) is 6.92 Å². The lowest BCUT2D eigenvalue weighted by Gasteiger charge is -2.21. The fourth-order valence-electron chi connectivity index (χ4n) is 4.24. The Balaban J connectivity index is 1.85. The summed E-state index contributed by atoms with van der Waals surface area (Å²) >= 11 is 0. The molecule has 0 radical (unpaired) electrons. The molecule has 0 unspecified atom stereocenters. The maximum absolute atomic E-state index is 8.13. The molecular formula is C26H25N7. The van der Waals surface area contributed by atoms with Crippen LogP contribution in [0.4, 0.5) is 17.3 Å². The van der Waals surface area contributed by atoms with Crippen molar-refractivity contribution < 1.29 is 0 Å². The van der Waals surface area contributed by atoms with E-state index < -0.39 is 0 Å². The van der Waals surface area contributed by atoms with Crippen LogP contribution in [0.25, 0.3) is 33.3 Å². The molecule has 1 aromatic heterocycles. The normalized spacial score (nSPS) is 12.0. The minimum absolute atomic E-state index is 0.417. The third-order valence-electron chi connectivity index (χ3n) is 6.11. The largest absolute Gasteiger partial charge is 0.399 e. The Morgan fingerprint density at radius 1 is 0.848 bits per heavy atom. The summed E-state index contributed by atoms with van der Waals surface area (Å²) in [5, 5.41) is 10.8. The van der Waals surface area contributed by atoms with Gasteiger partial charge in [-0.05, 0) is 54.3 Å². The maximum atomic E-state index is 8.13. The summed E-state index contributed by atoms with van der Waals surface area (Å²) in [6.45, 7) is 1.98. The lowest BCUT2D eigenvalue weighted by Crippen LogP contribution is -2.17. The third kappa shape index (κ3) is 3.53. The van der Waals surface area contributed by atoms with Crippen molar-refractivity contribution in [3.05, 3.63) is 83.3 Å². The van der Waals surface area contributed by atoms with E-state index >= 15 is 0 Å². The Labute approximate surface area is 191 Å². The number of benzene rings is 3. The highest BCUT2D eigenvalue weighted by Crippen LogP contribution is 2.39. The molecule has 3 aromatic rings. The first-order valence-electron chi connectivity index (χ1n) is 10.6. The molecule has 0 amide bonds. The first-order valence-corrected chi connectivity index (χ1v) is 10.6. The van der Waals surface area contributed by atoms with Gasteiger partial charge in [-0.25, -0.2) is 4.99 Å². The van der Waals surface area contributed by atoms with Gasteiger partial charge in [-0.3, -0.25) is 0 Å². The van der Waals surface area contributed by atoms with E-state index in [0.29, 0.717) is 22.5 Å². The molecule has 1 aliphatic heterocycles. The van der Waals surface area contributed by atoms with E-state index in [4.69, 9.17) is 21.9 Å². The first-order chi connectivity index (χ1) is 15.8. The zero-order valence-corrected chi connectivity index (χ0v) is 18.8. The van der Waals surface area contributed by atoms with Crippen LogP contribution < -0.4 is 22.3 Å². The zero-order valence-electron chi connectivity index (χ0n) is 18.8. The Morgan fingerprint density at radius 2 is 1.61 bits per heavy atom. The highest BCUT2D eigenvalue weighted by Gasteiger charge is 2.17. The summed E-state index contributed by atoms with van der Waals surface area (Å²) in [5.74, 6) is 0.417. The number of anilines is 2. The monoisotopic (exact) mass is 435 g/mol. The smallest absolute Gasteiger partial charge is 0.202 e. The van der Waals surface area contributed by atoms with Gasteiger partial charge in [0, 0.05) is 42.5 Å². The summed E-state index contributed by atoms with van der Waals surface area (Å²) < 4.78 is 3.96. The molecule has 0 fully saturated rings. The van der Waals surface area contributed by atoms with Crippen molar-refractivity contribution in [3.8, 4) is 22.5 Å². The minimum atomic E-state index is 0.417. The molecule has 5 N–H and O–H groups in total. The van der Waals surface area contributed by atoms with Crippen LogP contribution in [0.15, 0.2) is 71.7 Å². The van der Waals surface area contributed by atoms with Gasteiger partial charge in [-0.15, -0.1) is 0 Å². The first kappa shape index (κ1) is 20.5. The summed E-state index contributed by atoms with van der Waals surface area (Å²) in [6, 6.07) is 21.6. The van der Waals surface area contributed by atoms with Crippen LogP contribution in [0, 0.1) is 12.3 Å². The van der Waals surface area contributed by atoms with E-state index in [1.165, 1.54) is 0 Å². The number of nitrogens with two attached hydrogens (primary N) is 2. The quantitative estimate of drug-likeness (QED) is 0.289. The molecule has 2 aliphatic rings. The van der Waals surface area contributed by atoms with Crippen LogP contribution >= 0.6 is 0 Å². The Bertz CT molecular complexity index is 1600. The number of nitrogen functional groups attached to an aromatic ring is 2. The lowest BCUT2D eigenvalue weighted by molar-refractivity contribution is 0.825. The molecule has 2 aromatic carbocycles. The number of fused-ring (bicyclic) bond motifs is 3. The molecule has 0 saturated carbocycles. The molecule has 1 aliphatic carbocycles. The maximum Gasteiger partial charge on any atom is 0.202 e. The van der Waals surface area contributed by atoms with Crippen LogP contribution in [-0.4, -0.2) is 14.1 Å². The average Bonchev–Trinajstić information content (AvgIpc) is 2.79. The van der Waals surface area contributed by atoms with E-state index in [-0.39, 0.29) is 0 Å². The Morgan fingerprint density at radius 3 is 2.33 bits per heavy atom. The molecule has 0 spiro atoms. The minimum Gasteiger partial charge on any atom is -0.399 e. The molecule has 33 heavy (non-hydrogen) atoms. The van der Waals surface area contributed by atoms with E-state index in [1.807, 2.05) is 80.2 Å². The Hall–Kier alpha value is -4.39. The molecular weight excluding hydrogens is 410 g/mol. The molecule has 0 bridgehead atoms. The van der Waals surface area contributed by atoms with Gasteiger partial charge >= 0.3 is 0 Å². The van der Waals surface area contributed by atoms with Gasteiger partial charge in [-0.1, -0.05) is 24.3 Å². The fourth-order valence-corrected chi connectivity index (χ4v) is 4.24. The summed E-state index contributed by atoms with van der Waals surface area (Å²) in [4.78, 5) is 9.17. The van der Waals surface area contributed by atoms with E-state index in [0.717, 1.165) is 44.7 Å². The number of aryl methyl sites for hydroxylation is 1. The molecule has 164 valence electrons. The van der Waals surface area contributed by atoms with Crippen LogP contribution in [0.1, 0.15) is 5.69 Å². The van der Waals surface area contributed by atoms with Gasteiger partial charge in [0.2, 0.25) is 5.95 Å². The summed E-state index contributed by atoms with van der Waals surface area (Å²) in [5.41, 5.74) is 19.2. The number of hydrogen-bond acceptors (Lipinski definition) is 5. The van der Waals surface area contributed by atoms with Gasteiger partial charge < -0.3 is 26.0 Å². The SMILES string of the molecule is Cc1cc(=Nc2ccc3c4ccc(=N)cc-4n(C)c(-c4ccc(N)cc4)c3c2)nc(N)n1C. The third-order valence-corrected chi connectivity index (χ3v) is 6.11. The fraction of sp³-hybridized carbons (Fsp3) is 0.115. The number of pyridine rings is 1. The number of hydrogen-bond donors (Lipinski definition) is 3. The van der Waals surface area contributed by atoms with E-state index in [9.17, 15) is 0 Å². The van der Waals surface area contributed by atoms with Crippen molar-refractivity contribution in [3.63, 3.8) is 0 Å². The van der Waals surface area contributed by atoms with Gasteiger partial charge in [-0.2, -0.15) is 4.98 Å². The van der Waals surface area contributed by atoms with E-state index in [1.54, 1.807) is 0 Å². The van der Waals surface area contributed by atoms with Crippen LogP contribution in [0.3, 0.4) is 0 Å². The molecule has 7 nitrogen and oxygen atoms in total. The lowest BCUT2D eigenvalue weighted by atomic mass is 9.95. The van der Waals surface area contributed by atoms with Gasteiger partial charge in [0.15, 0.2) is 5.49 Å². The van der Waals surface area contributed by atoms with Gasteiger partial charge in [0.25, 0.3) is 0 Å². The molecule has 2 heterocycles. The average molecular weight is 436 g/mol. The highest BCUT2D eigenvalue weighted by atomic mass is 15.1. The van der Waals surface area contributed by atoms with Crippen molar-refractivity contribution in [1.82, 2.24) is 14.1 Å². The van der Waals surface area contributed by atoms with E-state index in [2.05, 4.69) is 21.7 Å². The molecule has 7 heteroatoms. The predicted molar refractivity (Wildman–Crippen MR) is 133 cm³/mol. The van der Waals surface area contributed by atoms with Crippen LogP contribution in [-0.2, 0) is 14.1 Å². The topological polar surface area (TPSA) is 111 Å². The second-order valence-corrected chi connectivity index (χ2v) is 8.28. The van der Waals surface area contributed by atoms with Gasteiger partial charge in [0.05, 0.1) is 22.4 Å². The number of rotatable bonds is 2. The summed E-state index contributed by atoms with van der Waals surface area (Å²) in [7, 11) is 3.91. The van der Waals surface area contributed by atoms with Crippen molar-refractivity contribution in [2.75, 3.05) is 11.5 Å². The second-order valence-electron chi connectivity index (χ2n) is 8.28. The number of nitrogens with zero attached hydrogens (tertiary/aromatic N) is 4. The van der Waals surface area contributed by atoms with Crippen molar-refractivity contribution >= 4 is 28.1 Å². The van der Waals surface area contributed by atoms with Crippen LogP contribution in [0.2, 0.25) is 0 Å². The summed E-state index contributed by atoms with van der Waals surface area (Å²) in [6.07, 6.45) is 0. The standard InChI is InChI=1S/C26H25N7/c1-15-12-24(31-26(29)32(15)2)30-19-9-11-20-21-10-8-18(28)13-23(21)33(3)25(22(20)14-19)16-4-6-17(27)7-5-16/h4-14,28H,27H2,1-3H3,(H2,29,30,31).